The van der Waals surface area contributed by atoms with Crippen LogP contribution >= 0.6 is 24.0 Å². The van der Waals surface area contributed by atoms with Gasteiger partial charge in [-0.2, -0.15) is 0 Å². The van der Waals surface area contributed by atoms with Gasteiger partial charge in [0, 0.05) is 11.3 Å². The molecule has 0 spiro atoms. The number of aryl methyl sites for hydroxylation is 1. The third-order valence-corrected chi connectivity index (χ3v) is 1.58. The highest BCUT2D eigenvalue weighted by atomic mass is 35.5. The van der Waals surface area contributed by atoms with Crippen LogP contribution in [0.15, 0.2) is 12.1 Å². The van der Waals surface area contributed by atoms with Crippen LogP contribution in [0.5, 0.6) is 0 Å². The minimum absolute atomic E-state index is 0. The highest BCUT2D eigenvalue weighted by Crippen LogP contribution is 2.11. The first-order chi connectivity index (χ1) is 4.74. The molecule has 0 aromatic carbocycles. The molecule has 2 nitrogen and oxygen atoms in total. The third kappa shape index (κ3) is 2.56. The van der Waals surface area contributed by atoms with Gasteiger partial charge in [0.05, 0.1) is 5.88 Å². The lowest BCUT2D eigenvalue weighted by atomic mass is 10.2. The Kier molecular flexibility index (Phi) is 4.23. The number of anilines is 1. The summed E-state index contributed by atoms with van der Waals surface area (Å²) >= 11 is 5.56. The van der Waals surface area contributed by atoms with Gasteiger partial charge < -0.3 is 5.73 Å². The van der Waals surface area contributed by atoms with Crippen LogP contribution in [0.4, 0.5) is 5.82 Å². The van der Waals surface area contributed by atoms with E-state index in [1.54, 1.807) is 0 Å². The fraction of sp³-hybridized carbons (Fsp3) is 0.286. The predicted octanol–water partition coefficient (Wildman–Crippen LogP) is 2.13. The van der Waals surface area contributed by atoms with Crippen molar-refractivity contribution in [2.24, 2.45) is 0 Å². The Morgan fingerprint density at radius 3 is 2.64 bits per heavy atom. The number of hydrogen-bond donors (Lipinski definition) is 1. The van der Waals surface area contributed by atoms with Crippen molar-refractivity contribution in [3.05, 3.63) is 23.4 Å². The first kappa shape index (κ1) is 10.5. The summed E-state index contributed by atoms with van der Waals surface area (Å²) in [6.45, 7) is 1.90. The maximum Gasteiger partial charge on any atom is 0.128 e. The summed E-state index contributed by atoms with van der Waals surface area (Å²) in [5.41, 5.74) is 7.35. The first-order valence-electron chi connectivity index (χ1n) is 3.02. The molecule has 0 unspecified atom stereocenters. The topological polar surface area (TPSA) is 38.9 Å². The Morgan fingerprint density at radius 1 is 1.55 bits per heavy atom. The van der Waals surface area contributed by atoms with E-state index in [1.807, 2.05) is 19.1 Å². The second-order valence-electron chi connectivity index (χ2n) is 2.13. The maximum atomic E-state index is 5.56. The minimum atomic E-state index is 0. The van der Waals surface area contributed by atoms with Crippen molar-refractivity contribution in [2.75, 3.05) is 5.73 Å². The zero-order chi connectivity index (χ0) is 7.56. The second kappa shape index (κ2) is 4.42. The van der Waals surface area contributed by atoms with Crippen LogP contribution in [0.2, 0.25) is 0 Å². The molecular weight excluding hydrogens is 183 g/mol. The Balaban J connectivity index is 0.000001000. The molecule has 1 aromatic heterocycles. The summed E-state index contributed by atoms with van der Waals surface area (Å²) in [4.78, 5) is 4.04. The Morgan fingerprint density at radius 2 is 2.18 bits per heavy atom. The van der Waals surface area contributed by atoms with E-state index in [1.165, 1.54) is 0 Å². The Labute approximate surface area is 77.2 Å². The summed E-state index contributed by atoms with van der Waals surface area (Å²) < 4.78 is 0. The molecule has 0 amide bonds. The van der Waals surface area contributed by atoms with Gasteiger partial charge in [-0.15, -0.1) is 24.0 Å². The van der Waals surface area contributed by atoms with Crippen LogP contribution in [0, 0.1) is 6.92 Å². The maximum absolute atomic E-state index is 5.56. The van der Waals surface area contributed by atoms with Crippen molar-refractivity contribution in [1.82, 2.24) is 4.98 Å². The molecule has 11 heavy (non-hydrogen) atoms. The molecule has 0 bridgehead atoms. The molecule has 0 atom stereocenters. The Bertz CT molecular complexity index is 238. The van der Waals surface area contributed by atoms with Crippen LogP contribution in [-0.4, -0.2) is 4.98 Å². The number of nitrogen functional groups attached to an aromatic ring is 1. The lowest BCUT2D eigenvalue weighted by Gasteiger charge is -1.99. The highest BCUT2D eigenvalue weighted by Gasteiger charge is 1.96. The molecule has 2 N–H and O–H groups in total. The zero-order valence-corrected chi connectivity index (χ0v) is 7.75. The van der Waals surface area contributed by atoms with Crippen molar-refractivity contribution in [3.8, 4) is 0 Å². The van der Waals surface area contributed by atoms with E-state index in [9.17, 15) is 0 Å². The first-order valence-corrected chi connectivity index (χ1v) is 3.55. The van der Waals surface area contributed by atoms with E-state index in [0.29, 0.717) is 11.7 Å². The molecule has 0 aliphatic heterocycles. The highest BCUT2D eigenvalue weighted by molar-refractivity contribution is 6.17. The number of halogens is 2. The van der Waals surface area contributed by atoms with Crippen molar-refractivity contribution in [1.29, 1.82) is 0 Å². The molecule has 1 aromatic rings. The summed E-state index contributed by atoms with van der Waals surface area (Å²) in [7, 11) is 0. The molecule has 62 valence electrons. The fourth-order valence-electron chi connectivity index (χ4n) is 0.719. The number of pyridine rings is 1. The van der Waals surface area contributed by atoms with Crippen LogP contribution < -0.4 is 5.73 Å². The van der Waals surface area contributed by atoms with Gasteiger partial charge in [-0.25, -0.2) is 4.98 Å². The van der Waals surface area contributed by atoms with Gasteiger partial charge in [0.1, 0.15) is 5.82 Å². The van der Waals surface area contributed by atoms with Gasteiger partial charge in [0.25, 0.3) is 0 Å². The van der Waals surface area contributed by atoms with Crippen LogP contribution in [0.25, 0.3) is 0 Å². The largest absolute Gasteiger partial charge is 0.383 e. The van der Waals surface area contributed by atoms with E-state index in [2.05, 4.69) is 4.98 Å². The van der Waals surface area contributed by atoms with Crippen molar-refractivity contribution < 1.29 is 0 Å². The summed E-state index contributed by atoms with van der Waals surface area (Å²) in [5.74, 6) is 0.967. The van der Waals surface area contributed by atoms with E-state index < -0.39 is 0 Å². The fourth-order valence-corrected chi connectivity index (χ4v) is 0.945. The average Bonchev–Trinajstić information content (AvgIpc) is 1.88. The van der Waals surface area contributed by atoms with Gasteiger partial charge in [-0.3, -0.25) is 0 Å². The average molecular weight is 193 g/mol. The number of hydrogen-bond acceptors (Lipinski definition) is 2. The molecule has 0 aliphatic carbocycles. The number of rotatable bonds is 1. The molecule has 1 rings (SSSR count). The molecule has 0 aliphatic rings. The SMILES string of the molecule is Cc1ccc(CCl)c(N)n1.Cl. The van der Waals surface area contributed by atoms with Crippen LogP contribution in [-0.2, 0) is 5.88 Å². The standard InChI is InChI=1S/C7H9ClN2.ClH/c1-5-2-3-6(4-8)7(9)10-5;/h2-3H,4H2,1H3,(H2,9,10);1H. The summed E-state index contributed by atoms with van der Waals surface area (Å²) in [6, 6.07) is 3.79. The smallest absolute Gasteiger partial charge is 0.128 e. The van der Waals surface area contributed by atoms with Gasteiger partial charge in [0.2, 0.25) is 0 Å². The van der Waals surface area contributed by atoms with Crippen molar-refractivity contribution >= 4 is 29.8 Å². The molecule has 4 heteroatoms. The third-order valence-electron chi connectivity index (χ3n) is 1.30. The Hall–Kier alpha value is -0.470. The number of alkyl halides is 1. The minimum Gasteiger partial charge on any atom is -0.383 e. The van der Waals surface area contributed by atoms with Gasteiger partial charge >= 0.3 is 0 Å². The van der Waals surface area contributed by atoms with Crippen LogP contribution in [0.1, 0.15) is 11.3 Å². The normalized spacial score (nSPS) is 8.91. The molecule has 0 saturated carbocycles. The predicted molar refractivity (Wildman–Crippen MR) is 50.2 cm³/mol. The number of nitrogens with zero attached hydrogens (tertiary/aromatic N) is 1. The van der Waals surface area contributed by atoms with E-state index >= 15 is 0 Å². The molecular formula is C7H10Cl2N2. The van der Waals surface area contributed by atoms with Crippen molar-refractivity contribution in [2.45, 2.75) is 12.8 Å². The molecule has 0 fully saturated rings. The zero-order valence-electron chi connectivity index (χ0n) is 6.17. The molecule has 1 heterocycles. The molecule has 0 saturated heterocycles. The quantitative estimate of drug-likeness (QED) is 0.694. The number of aromatic nitrogens is 1. The van der Waals surface area contributed by atoms with E-state index in [4.69, 9.17) is 17.3 Å². The van der Waals surface area contributed by atoms with Gasteiger partial charge in [-0.1, -0.05) is 6.07 Å². The molecule has 0 radical (unpaired) electrons. The van der Waals surface area contributed by atoms with Gasteiger partial charge in [0.15, 0.2) is 0 Å². The van der Waals surface area contributed by atoms with Crippen LogP contribution in [0.3, 0.4) is 0 Å². The van der Waals surface area contributed by atoms with Crippen molar-refractivity contribution in [3.63, 3.8) is 0 Å². The lowest BCUT2D eigenvalue weighted by molar-refractivity contribution is 1.17. The summed E-state index contributed by atoms with van der Waals surface area (Å²) in [5, 5.41) is 0. The summed E-state index contributed by atoms with van der Waals surface area (Å²) in [6.07, 6.45) is 0. The second-order valence-corrected chi connectivity index (χ2v) is 2.40. The van der Waals surface area contributed by atoms with E-state index in [0.717, 1.165) is 11.3 Å². The van der Waals surface area contributed by atoms with E-state index in [-0.39, 0.29) is 12.4 Å². The monoisotopic (exact) mass is 192 g/mol. The van der Waals surface area contributed by atoms with Gasteiger partial charge in [-0.05, 0) is 13.0 Å². The number of nitrogens with two attached hydrogens (primary N) is 1. The lowest BCUT2D eigenvalue weighted by Crippen LogP contribution is -1.96.